The summed E-state index contributed by atoms with van der Waals surface area (Å²) in [6, 6.07) is 4.10. The van der Waals surface area contributed by atoms with Crippen molar-refractivity contribution in [3.63, 3.8) is 0 Å². The first-order valence-electron chi connectivity index (χ1n) is 5.99. The smallest absolute Gasteiger partial charge is 0.352 e. The monoisotopic (exact) mass is 246 g/mol. The van der Waals surface area contributed by atoms with Crippen LogP contribution in [-0.4, -0.2) is 22.2 Å². The molecule has 0 saturated carbocycles. The second kappa shape index (κ2) is 4.46. The number of fused-ring (bicyclic) bond motifs is 1. The number of carboxylic acids is 1. The average Bonchev–Trinajstić information content (AvgIpc) is 2.53. The van der Waals surface area contributed by atoms with Crippen molar-refractivity contribution in [1.82, 2.24) is 4.57 Å². The van der Waals surface area contributed by atoms with Crippen LogP contribution in [0.1, 0.15) is 27.2 Å². The van der Waals surface area contributed by atoms with Gasteiger partial charge in [0.15, 0.2) is 0 Å². The number of hydrogen-bond donors (Lipinski definition) is 2. The van der Waals surface area contributed by atoms with E-state index in [9.17, 15) is 9.90 Å². The van der Waals surface area contributed by atoms with Gasteiger partial charge in [-0.05, 0) is 49.6 Å². The Labute approximate surface area is 106 Å². The van der Waals surface area contributed by atoms with E-state index in [0.29, 0.717) is 18.7 Å². The summed E-state index contributed by atoms with van der Waals surface area (Å²) in [5, 5.41) is 10.4. The number of carboxylic acid groups (broad SMARTS) is 1. The number of nitrogens with zero attached hydrogens (tertiary/aromatic N) is 1. The normalized spacial score (nSPS) is 11.1. The van der Waals surface area contributed by atoms with E-state index in [0.717, 1.165) is 27.6 Å². The van der Waals surface area contributed by atoms with Crippen LogP contribution < -0.4 is 5.73 Å². The highest BCUT2D eigenvalue weighted by molar-refractivity contribution is 5.99. The molecule has 4 heteroatoms. The Hall–Kier alpha value is -1.81. The summed E-state index contributed by atoms with van der Waals surface area (Å²) in [5.74, 6) is -0.894. The fraction of sp³-hybridized carbons (Fsp3) is 0.357. The van der Waals surface area contributed by atoms with Crippen molar-refractivity contribution >= 4 is 16.9 Å². The molecule has 96 valence electrons. The topological polar surface area (TPSA) is 68.2 Å². The Morgan fingerprint density at radius 2 is 2.06 bits per heavy atom. The highest BCUT2D eigenvalue weighted by Gasteiger charge is 2.21. The van der Waals surface area contributed by atoms with Gasteiger partial charge in [-0.25, -0.2) is 4.79 Å². The highest BCUT2D eigenvalue weighted by Crippen LogP contribution is 2.29. The molecular weight excluding hydrogens is 228 g/mol. The minimum absolute atomic E-state index is 0.351. The zero-order valence-corrected chi connectivity index (χ0v) is 10.9. The molecule has 1 heterocycles. The minimum Gasteiger partial charge on any atom is -0.477 e. The number of nitrogens with two attached hydrogens (primary N) is 1. The number of aromatic carboxylic acids is 1. The van der Waals surface area contributed by atoms with E-state index in [1.54, 1.807) is 11.6 Å². The Kier molecular flexibility index (Phi) is 3.13. The van der Waals surface area contributed by atoms with E-state index in [4.69, 9.17) is 5.73 Å². The van der Waals surface area contributed by atoms with Crippen molar-refractivity contribution in [2.24, 2.45) is 12.8 Å². The van der Waals surface area contributed by atoms with E-state index >= 15 is 0 Å². The predicted octanol–water partition coefficient (Wildman–Crippen LogP) is 1.99. The second-order valence-corrected chi connectivity index (χ2v) is 4.71. The zero-order valence-electron chi connectivity index (χ0n) is 10.9. The first-order chi connectivity index (χ1) is 8.47. The summed E-state index contributed by atoms with van der Waals surface area (Å²) in [7, 11) is 1.80. The third-order valence-electron chi connectivity index (χ3n) is 3.34. The lowest BCUT2D eigenvalue weighted by Gasteiger charge is -2.03. The largest absolute Gasteiger partial charge is 0.477 e. The lowest BCUT2D eigenvalue weighted by Crippen LogP contribution is -2.10. The van der Waals surface area contributed by atoms with Gasteiger partial charge in [-0.3, -0.25) is 0 Å². The molecule has 0 aliphatic carbocycles. The molecule has 0 radical (unpaired) electrons. The Morgan fingerprint density at radius 1 is 1.39 bits per heavy atom. The summed E-state index contributed by atoms with van der Waals surface area (Å²) < 4.78 is 1.75. The number of aromatic nitrogens is 1. The first kappa shape index (κ1) is 12.6. The Balaban J connectivity index is 2.92. The number of rotatable bonds is 3. The van der Waals surface area contributed by atoms with Gasteiger partial charge < -0.3 is 15.4 Å². The molecule has 4 nitrogen and oxygen atoms in total. The maximum Gasteiger partial charge on any atom is 0.352 e. The van der Waals surface area contributed by atoms with Crippen LogP contribution in [0.2, 0.25) is 0 Å². The van der Waals surface area contributed by atoms with Crippen LogP contribution in [0.15, 0.2) is 12.1 Å². The van der Waals surface area contributed by atoms with Crippen LogP contribution in [0.4, 0.5) is 0 Å². The van der Waals surface area contributed by atoms with Gasteiger partial charge in [0.2, 0.25) is 0 Å². The molecule has 18 heavy (non-hydrogen) atoms. The van der Waals surface area contributed by atoms with Gasteiger partial charge >= 0.3 is 5.97 Å². The van der Waals surface area contributed by atoms with Crippen molar-refractivity contribution in [3.8, 4) is 0 Å². The fourth-order valence-electron chi connectivity index (χ4n) is 2.70. The number of aryl methyl sites for hydroxylation is 3. The maximum absolute atomic E-state index is 11.4. The van der Waals surface area contributed by atoms with E-state index in [-0.39, 0.29) is 0 Å². The highest BCUT2D eigenvalue weighted by atomic mass is 16.4. The van der Waals surface area contributed by atoms with E-state index in [1.165, 1.54) is 0 Å². The van der Waals surface area contributed by atoms with Crippen molar-refractivity contribution < 1.29 is 9.90 Å². The number of benzene rings is 1. The van der Waals surface area contributed by atoms with Crippen LogP contribution >= 0.6 is 0 Å². The molecule has 2 rings (SSSR count). The lowest BCUT2D eigenvalue weighted by atomic mass is 10.0. The molecule has 0 amide bonds. The molecule has 0 aliphatic rings. The van der Waals surface area contributed by atoms with Crippen LogP contribution in [0.25, 0.3) is 10.9 Å². The number of carbonyl (C=O) groups is 1. The molecule has 0 atom stereocenters. The molecule has 0 bridgehead atoms. The van der Waals surface area contributed by atoms with Crippen molar-refractivity contribution in [2.45, 2.75) is 20.3 Å². The SMILES string of the molecule is Cc1cc(C)c2c(CCN)c(C(=O)O)n(C)c2c1. The molecular formula is C14H18N2O2. The van der Waals surface area contributed by atoms with Gasteiger partial charge in [0.1, 0.15) is 5.69 Å². The minimum atomic E-state index is -0.894. The zero-order chi connectivity index (χ0) is 13.4. The van der Waals surface area contributed by atoms with Crippen LogP contribution in [0.3, 0.4) is 0 Å². The first-order valence-corrected chi connectivity index (χ1v) is 5.99. The standard InChI is InChI=1S/C14H18N2O2/c1-8-6-9(2)12-10(4-5-15)13(14(17)18)16(3)11(12)7-8/h6-7H,4-5,15H2,1-3H3,(H,17,18). The molecule has 2 aromatic rings. The maximum atomic E-state index is 11.4. The molecule has 0 unspecified atom stereocenters. The van der Waals surface area contributed by atoms with Gasteiger partial charge in [0.05, 0.1) is 0 Å². The van der Waals surface area contributed by atoms with Crippen molar-refractivity contribution in [3.05, 3.63) is 34.5 Å². The van der Waals surface area contributed by atoms with E-state index < -0.39 is 5.97 Å². The van der Waals surface area contributed by atoms with Crippen molar-refractivity contribution in [1.29, 1.82) is 0 Å². The van der Waals surface area contributed by atoms with Crippen molar-refractivity contribution in [2.75, 3.05) is 6.54 Å². The second-order valence-electron chi connectivity index (χ2n) is 4.71. The molecule has 3 N–H and O–H groups in total. The summed E-state index contributed by atoms with van der Waals surface area (Å²) in [5.41, 5.74) is 10.0. The molecule has 1 aromatic heterocycles. The summed E-state index contributed by atoms with van der Waals surface area (Å²) >= 11 is 0. The Bertz CT molecular complexity index is 626. The van der Waals surface area contributed by atoms with Crippen LogP contribution in [0.5, 0.6) is 0 Å². The van der Waals surface area contributed by atoms with Crippen LogP contribution in [0, 0.1) is 13.8 Å². The van der Waals surface area contributed by atoms with E-state index in [2.05, 4.69) is 6.07 Å². The number of hydrogen-bond acceptors (Lipinski definition) is 2. The third-order valence-corrected chi connectivity index (χ3v) is 3.34. The summed E-state index contributed by atoms with van der Waals surface area (Å²) in [6.07, 6.45) is 0.586. The predicted molar refractivity (Wildman–Crippen MR) is 72.1 cm³/mol. The lowest BCUT2D eigenvalue weighted by molar-refractivity contribution is 0.0686. The molecule has 0 aliphatic heterocycles. The van der Waals surface area contributed by atoms with Gasteiger partial charge in [-0.2, -0.15) is 0 Å². The van der Waals surface area contributed by atoms with Gasteiger partial charge in [-0.1, -0.05) is 6.07 Å². The third kappa shape index (κ3) is 1.78. The molecule has 0 spiro atoms. The van der Waals surface area contributed by atoms with E-state index in [1.807, 2.05) is 19.9 Å². The van der Waals surface area contributed by atoms with Gasteiger partial charge in [-0.15, -0.1) is 0 Å². The quantitative estimate of drug-likeness (QED) is 0.870. The average molecular weight is 246 g/mol. The molecule has 0 fully saturated rings. The molecule has 1 aromatic carbocycles. The summed E-state index contributed by atoms with van der Waals surface area (Å²) in [6.45, 7) is 4.48. The Morgan fingerprint density at radius 3 is 2.61 bits per heavy atom. The molecule has 0 saturated heterocycles. The van der Waals surface area contributed by atoms with Gasteiger partial charge in [0, 0.05) is 18.0 Å². The fourth-order valence-corrected chi connectivity index (χ4v) is 2.70. The van der Waals surface area contributed by atoms with Gasteiger partial charge in [0.25, 0.3) is 0 Å². The summed E-state index contributed by atoms with van der Waals surface area (Å²) in [4.78, 5) is 11.4. The van der Waals surface area contributed by atoms with Crippen LogP contribution in [-0.2, 0) is 13.5 Å².